The first-order chi connectivity index (χ1) is 7.76. The van der Waals surface area contributed by atoms with Crippen molar-refractivity contribution in [3.8, 4) is 0 Å². The number of rotatable bonds is 3. The Morgan fingerprint density at radius 1 is 1.18 bits per heavy atom. The third-order valence-electron chi connectivity index (χ3n) is 2.00. The van der Waals surface area contributed by atoms with E-state index in [1.165, 1.54) is 0 Å². The maximum absolute atomic E-state index is 12.2. The molecule has 0 radical (unpaired) electrons. The first-order valence-corrected chi connectivity index (χ1v) is 7.00. The Morgan fingerprint density at radius 2 is 1.76 bits per heavy atom. The van der Waals surface area contributed by atoms with E-state index in [2.05, 4.69) is 4.72 Å². The van der Waals surface area contributed by atoms with Crippen molar-refractivity contribution in [2.45, 2.75) is 38.1 Å². The fraction of sp³-hybridized carbons (Fsp3) is 0.385. The van der Waals surface area contributed by atoms with E-state index in [0.717, 1.165) is 0 Å². The molecule has 1 rings (SSSR count). The summed E-state index contributed by atoms with van der Waals surface area (Å²) in [6.45, 7) is 7.33. The van der Waals surface area contributed by atoms with Crippen molar-refractivity contribution >= 4 is 16.1 Å². The maximum atomic E-state index is 12.2. The number of allylic oxidation sites excluding steroid dienone is 1. The van der Waals surface area contributed by atoms with Gasteiger partial charge in [-0.3, -0.25) is 0 Å². The molecule has 0 aliphatic rings. The van der Waals surface area contributed by atoms with Crippen LogP contribution in [0.2, 0.25) is 0 Å². The van der Waals surface area contributed by atoms with Gasteiger partial charge < -0.3 is 0 Å². The summed E-state index contributed by atoms with van der Waals surface area (Å²) in [4.78, 5) is 0.313. The summed E-state index contributed by atoms with van der Waals surface area (Å²) < 4.78 is 27.0. The summed E-state index contributed by atoms with van der Waals surface area (Å²) in [6, 6.07) is 6.95. The number of nitrogens with one attached hydrogen (secondary N) is 1. The number of benzene rings is 1. The summed E-state index contributed by atoms with van der Waals surface area (Å²) in [5.41, 5.74) is 0.216. The van der Waals surface area contributed by atoms with Crippen LogP contribution in [0.15, 0.2) is 35.2 Å². The molecule has 0 unspecified atom stereocenters. The smallest absolute Gasteiger partial charge is 0.207 e. The third kappa shape index (κ3) is 3.98. The molecule has 0 bridgehead atoms. The second-order valence-corrected chi connectivity index (χ2v) is 6.54. The molecule has 0 fully saturated rings. The highest BCUT2D eigenvalue weighted by Gasteiger charge is 2.23. The van der Waals surface area contributed by atoms with E-state index in [4.69, 9.17) is 0 Å². The molecule has 94 valence electrons. The van der Waals surface area contributed by atoms with Gasteiger partial charge >= 0.3 is 0 Å². The zero-order valence-corrected chi connectivity index (χ0v) is 11.5. The Labute approximate surface area is 104 Å². The highest BCUT2D eigenvalue weighted by Crippen LogP contribution is 2.18. The van der Waals surface area contributed by atoms with Crippen molar-refractivity contribution in [1.29, 1.82) is 0 Å². The quantitative estimate of drug-likeness (QED) is 0.900. The molecule has 0 aromatic heterocycles. The molecule has 0 saturated carbocycles. The molecule has 1 aromatic rings. The molecule has 0 amide bonds. The maximum Gasteiger partial charge on any atom is 0.241 e. The van der Waals surface area contributed by atoms with Gasteiger partial charge in [0.2, 0.25) is 10.0 Å². The van der Waals surface area contributed by atoms with Crippen LogP contribution in [-0.2, 0) is 10.0 Å². The molecule has 0 spiro atoms. The minimum Gasteiger partial charge on any atom is -0.207 e. The van der Waals surface area contributed by atoms with Gasteiger partial charge in [-0.25, -0.2) is 13.1 Å². The molecule has 0 heterocycles. The molecule has 3 nitrogen and oxygen atoms in total. The molecular formula is C13H19NO2S. The number of hydrogen-bond acceptors (Lipinski definition) is 2. The normalized spacial score (nSPS) is 13.2. The van der Waals surface area contributed by atoms with E-state index in [1.54, 1.807) is 24.3 Å². The molecule has 17 heavy (non-hydrogen) atoms. The molecule has 0 aliphatic heterocycles. The third-order valence-corrected chi connectivity index (χ3v) is 3.83. The zero-order valence-electron chi connectivity index (χ0n) is 10.7. The lowest BCUT2D eigenvalue weighted by atomic mass is 10.1. The lowest BCUT2D eigenvalue weighted by Crippen LogP contribution is -2.40. The Hall–Kier alpha value is -1.13. The Bertz CT molecular complexity index is 510. The van der Waals surface area contributed by atoms with Crippen molar-refractivity contribution in [2.75, 3.05) is 0 Å². The predicted molar refractivity (Wildman–Crippen MR) is 71.2 cm³/mol. The zero-order chi connectivity index (χ0) is 13.1. The van der Waals surface area contributed by atoms with Gasteiger partial charge in [0.15, 0.2) is 0 Å². The van der Waals surface area contributed by atoms with Gasteiger partial charge in [0.25, 0.3) is 0 Å². The average Bonchev–Trinajstić information content (AvgIpc) is 2.15. The second-order valence-electron chi connectivity index (χ2n) is 4.89. The standard InChI is InChI=1S/C13H19NO2S/c1-5-8-11-9-6-7-10-12(11)17(15,16)14-13(2,3)4/h5-10,14H,1-4H3/b8-5+. The van der Waals surface area contributed by atoms with Crippen molar-refractivity contribution in [2.24, 2.45) is 0 Å². The van der Waals surface area contributed by atoms with E-state index in [9.17, 15) is 8.42 Å². The van der Waals surface area contributed by atoms with Crippen LogP contribution >= 0.6 is 0 Å². The van der Waals surface area contributed by atoms with Crippen LogP contribution in [0.5, 0.6) is 0 Å². The van der Waals surface area contributed by atoms with E-state index >= 15 is 0 Å². The van der Waals surface area contributed by atoms with Gasteiger partial charge in [0.05, 0.1) is 4.90 Å². The first-order valence-electron chi connectivity index (χ1n) is 5.52. The summed E-state index contributed by atoms with van der Waals surface area (Å²) in [7, 11) is -3.47. The summed E-state index contributed by atoms with van der Waals surface area (Å²) in [5, 5.41) is 0. The minimum atomic E-state index is -3.47. The van der Waals surface area contributed by atoms with Crippen molar-refractivity contribution in [3.05, 3.63) is 35.9 Å². The largest absolute Gasteiger partial charge is 0.241 e. The molecular weight excluding hydrogens is 234 g/mol. The van der Waals surface area contributed by atoms with Gasteiger partial charge in [-0.2, -0.15) is 0 Å². The number of hydrogen-bond donors (Lipinski definition) is 1. The summed E-state index contributed by atoms with van der Waals surface area (Å²) in [6.07, 6.45) is 3.61. The van der Waals surface area contributed by atoms with Crippen LogP contribution in [-0.4, -0.2) is 14.0 Å². The van der Waals surface area contributed by atoms with Gasteiger partial charge in [0, 0.05) is 5.54 Å². The topological polar surface area (TPSA) is 46.2 Å². The van der Waals surface area contributed by atoms with Crippen LogP contribution in [0.25, 0.3) is 6.08 Å². The fourth-order valence-corrected chi connectivity index (χ4v) is 3.12. The summed E-state index contributed by atoms with van der Waals surface area (Å²) in [5.74, 6) is 0. The predicted octanol–water partition coefficient (Wildman–Crippen LogP) is 2.80. The van der Waals surface area contributed by atoms with E-state index in [0.29, 0.717) is 10.5 Å². The monoisotopic (exact) mass is 253 g/mol. The van der Waals surface area contributed by atoms with Crippen LogP contribution in [0.4, 0.5) is 0 Å². The average molecular weight is 253 g/mol. The summed E-state index contributed by atoms with van der Waals surface area (Å²) >= 11 is 0. The highest BCUT2D eigenvalue weighted by atomic mass is 32.2. The fourth-order valence-electron chi connectivity index (χ4n) is 1.50. The first kappa shape index (κ1) is 13.9. The van der Waals surface area contributed by atoms with Gasteiger partial charge in [-0.05, 0) is 39.3 Å². The second kappa shape index (κ2) is 5.02. The minimum absolute atomic E-state index is 0.313. The van der Waals surface area contributed by atoms with Crippen LogP contribution in [0.1, 0.15) is 33.3 Å². The highest BCUT2D eigenvalue weighted by molar-refractivity contribution is 7.89. The Kier molecular flexibility index (Phi) is 4.11. The van der Waals surface area contributed by atoms with Crippen molar-refractivity contribution in [1.82, 2.24) is 4.72 Å². The molecule has 4 heteroatoms. The SMILES string of the molecule is C/C=C/c1ccccc1S(=O)(=O)NC(C)(C)C. The van der Waals surface area contributed by atoms with Gasteiger partial charge in [-0.15, -0.1) is 0 Å². The molecule has 1 aromatic carbocycles. The van der Waals surface area contributed by atoms with E-state index in [-0.39, 0.29) is 0 Å². The van der Waals surface area contributed by atoms with Crippen molar-refractivity contribution in [3.63, 3.8) is 0 Å². The van der Waals surface area contributed by atoms with Crippen LogP contribution in [0.3, 0.4) is 0 Å². The van der Waals surface area contributed by atoms with Crippen LogP contribution in [0, 0.1) is 0 Å². The lowest BCUT2D eigenvalue weighted by molar-refractivity contribution is 0.491. The lowest BCUT2D eigenvalue weighted by Gasteiger charge is -2.21. The van der Waals surface area contributed by atoms with Crippen LogP contribution < -0.4 is 4.72 Å². The molecule has 1 N–H and O–H groups in total. The van der Waals surface area contributed by atoms with Crippen molar-refractivity contribution < 1.29 is 8.42 Å². The van der Waals surface area contributed by atoms with E-state index < -0.39 is 15.6 Å². The van der Waals surface area contributed by atoms with Gasteiger partial charge in [-0.1, -0.05) is 30.4 Å². The van der Waals surface area contributed by atoms with Gasteiger partial charge in [0.1, 0.15) is 0 Å². The molecule has 0 atom stereocenters. The Balaban J connectivity index is 3.24. The molecule has 0 aliphatic carbocycles. The Morgan fingerprint density at radius 3 is 2.29 bits per heavy atom. The van der Waals surface area contributed by atoms with E-state index in [1.807, 2.05) is 39.8 Å². The molecule has 0 saturated heterocycles. The number of sulfonamides is 1.